The number of unbranched alkanes of at least 4 members (excludes halogenated alkanes) is 6. The standard InChI is InChI=1S/C16H36NO.BrH/c1-4-6-8-10-13-17(3,15-12-16-18)14-11-9-7-5-2;/h18H,4-16H2,1-3H3;1H/q+1;/p-1. The zero-order valence-corrected chi connectivity index (χ0v) is 15.1. The van der Waals surface area contributed by atoms with E-state index >= 15 is 0 Å². The second-order valence-electron chi connectivity index (χ2n) is 5.99. The summed E-state index contributed by atoms with van der Waals surface area (Å²) < 4.78 is 1.17. The van der Waals surface area contributed by atoms with Crippen molar-refractivity contribution in [2.75, 3.05) is 33.3 Å². The van der Waals surface area contributed by atoms with Crippen molar-refractivity contribution in [3.8, 4) is 0 Å². The smallest absolute Gasteiger partial charge is 0.0806 e. The van der Waals surface area contributed by atoms with Crippen LogP contribution in [0.15, 0.2) is 0 Å². The van der Waals surface area contributed by atoms with Gasteiger partial charge in [0.1, 0.15) is 0 Å². The first-order chi connectivity index (χ1) is 8.68. The van der Waals surface area contributed by atoms with Crippen LogP contribution in [0.3, 0.4) is 0 Å². The highest BCUT2D eigenvalue weighted by Gasteiger charge is 2.19. The van der Waals surface area contributed by atoms with Gasteiger partial charge in [-0.2, -0.15) is 0 Å². The fraction of sp³-hybridized carbons (Fsp3) is 1.00. The Hall–Kier alpha value is 0.400. The van der Waals surface area contributed by atoms with Gasteiger partial charge in [0.15, 0.2) is 0 Å². The van der Waals surface area contributed by atoms with E-state index in [1.165, 1.54) is 68.9 Å². The maximum Gasteiger partial charge on any atom is 0.0806 e. The molecule has 0 atom stereocenters. The van der Waals surface area contributed by atoms with E-state index in [1.54, 1.807) is 0 Å². The summed E-state index contributed by atoms with van der Waals surface area (Å²) in [5, 5.41) is 9.04. The van der Waals surface area contributed by atoms with E-state index in [4.69, 9.17) is 5.11 Å². The molecule has 0 aromatic carbocycles. The average molecular weight is 338 g/mol. The van der Waals surface area contributed by atoms with Crippen LogP contribution < -0.4 is 17.0 Å². The van der Waals surface area contributed by atoms with E-state index in [2.05, 4.69) is 20.9 Å². The SMILES string of the molecule is CCCCCC[N+](C)(CCCO)CCCCCC.[Br-]. The topological polar surface area (TPSA) is 20.2 Å². The van der Waals surface area contributed by atoms with Crippen LogP contribution in [-0.4, -0.2) is 42.9 Å². The van der Waals surface area contributed by atoms with Crippen LogP contribution in [0.25, 0.3) is 0 Å². The van der Waals surface area contributed by atoms with Crippen molar-refractivity contribution in [2.45, 2.75) is 71.6 Å². The summed E-state index contributed by atoms with van der Waals surface area (Å²) in [6.07, 6.45) is 11.8. The highest BCUT2D eigenvalue weighted by molar-refractivity contribution is 4.47. The summed E-state index contributed by atoms with van der Waals surface area (Å²) in [6.45, 7) is 8.62. The minimum Gasteiger partial charge on any atom is -1.00 e. The molecule has 0 saturated carbocycles. The zero-order valence-electron chi connectivity index (χ0n) is 13.5. The molecule has 0 fully saturated rings. The number of aliphatic hydroxyl groups is 1. The van der Waals surface area contributed by atoms with Crippen molar-refractivity contribution >= 4 is 0 Å². The second-order valence-corrected chi connectivity index (χ2v) is 5.99. The van der Waals surface area contributed by atoms with Gasteiger partial charge < -0.3 is 26.6 Å². The lowest BCUT2D eigenvalue weighted by atomic mass is 10.1. The summed E-state index contributed by atoms with van der Waals surface area (Å²) in [7, 11) is 2.38. The van der Waals surface area contributed by atoms with Crippen LogP contribution in [0.2, 0.25) is 0 Å². The minimum absolute atomic E-state index is 0. The fourth-order valence-corrected chi connectivity index (χ4v) is 2.63. The maximum absolute atomic E-state index is 9.04. The monoisotopic (exact) mass is 337 g/mol. The van der Waals surface area contributed by atoms with Gasteiger partial charge in [-0.1, -0.05) is 39.5 Å². The van der Waals surface area contributed by atoms with Crippen molar-refractivity contribution in [3.63, 3.8) is 0 Å². The lowest BCUT2D eigenvalue weighted by molar-refractivity contribution is -0.910. The average Bonchev–Trinajstić information content (AvgIpc) is 2.38. The summed E-state index contributed by atoms with van der Waals surface area (Å²) in [6, 6.07) is 0. The Balaban J connectivity index is 0. The van der Waals surface area contributed by atoms with Crippen LogP contribution in [0.1, 0.15) is 71.6 Å². The molecule has 0 aliphatic carbocycles. The van der Waals surface area contributed by atoms with Crippen molar-refractivity contribution < 1.29 is 26.6 Å². The Morgan fingerprint density at radius 3 is 1.47 bits per heavy atom. The van der Waals surface area contributed by atoms with Gasteiger partial charge in [0.25, 0.3) is 0 Å². The Labute approximate surface area is 131 Å². The van der Waals surface area contributed by atoms with Crippen LogP contribution in [-0.2, 0) is 0 Å². The number of halogens is 1. The van der Waals surface area contributed by atoms with Gasteiger partial charge in [-0.25, -0.2) is 0 Å². The molecule has 0 rings (SSSR count). The molecule has 1 N–H and O–H groups in total. The Bertz CT molecular complexity index is 164. The van der Waals surface area contributed by atoms with Crippen LogP contribution in [0.5, 0.6) is 0 Å². The molecule has 0 amide bonds. The Morgan fingerprint density at radius 2 is 1.11 bits per heavy atom. The van der Waals surface area contributed by atoms with E-state index < -0.39 is 0 Å². The molecule has 0 radical (unpaired) electrons. The molecule has 2 nitrogen and oxygen atoms in total. The molecular formula is C16H36BrNO. The predicted octanol–water partition coefficient (Wildman–Crippen LogP) is 0.980. The van der Waals surface area contributed by atoms with Gasteiger partial charge in [-0.3, -0.25) is 0 Å². The molecule has 0 aliphatic rings. The molecule has 0 aliphatic heterocycles. The molecule has 0 bridgehead atoms. The van der Waals surface area contributed by atoms with Crippen LogP contribution in [0.4, 0.5) is 0 Å². The second kappa shape index (κ2) is 14.8. The predicted molar refractivity (Wildman–Crippen MR) is 80.8 cm³/mol. The fourth-order valence-electron chi connectivity index (χ4n) is 2.63. The van der Waals surface area contributed by atoms with Gasteiger partial charge in [-0.05, 0) is 25.7 Å². The van der Waals surface area contributed by atoms with Gasteiger partial charge in [0.05, 0.1) is 26.7 Å². The quantitative estimate of drug-likeness (QED) is 0.392. The summed E-state index contributed by atoms with van der Waals surface area (Å²) in [5.74, 6) is 0. The highest BCUT2D eigenvalue weighted by Crippen LogP contribution is 2.12. The molecule has 0 aromatic heterocycles. The van der Waals surface area contributed by atoms with E-state index in [1.807, 2.05) is 0 Å². The highest BCUT2D eigenvalue weighted by atomic mass is 79.9. The molecule has 0 heterocycles. The number of hydrogen-bond acceptors (Lipinski definition) is 1. The first-order valence-corrected chi connectivity index (χ1v) is 8.13. The van der Waals surface area contributed by atoms with Crippen LogP contribution >= 0.6 is 0 Å². The van der Waals surface area contributed by atoms with Gasteiger partial charge >= 0.3 is 0 Å². The van der Waals surface area contributed by atoms with Crippen molar-refractivity contribution in [1.29, 1.82) is 0 Å². The van der Waals surface area contributed by atoms with Gasteiger partial charge in [0, 0.05) is 13.0 Å². The molecule has 3 heteroatoms. The molecule has 19 heavy (non-hydrogen) atoms. The van der Waals surface area contributed by atoms with E-state index in [0.29, 0.717) is 6.61 Å². The third-order valence-corrected chi connectivity index (χ3v) is 3.96. The van der Waals surface area contributed by atoms with Crippen molar-refractivity contribution in [3.05, 3.63) is 0 Å². The maximum atomic E-state index is 9.04. The van der Waals surface area contributed by atoms with E-state index in [-0.39, 0.29) is 17.0 Å². The van der Waals surface area contributed by atoms with E-state index in [9.17, 15) is 0 Å². The number of nitrogens with zero attached hydrogens (tertiary/aromatic N) is 1. The normalized spacial score (nSPS) is 11.4. The van der Waals surface area contributed by atoms with Crippen molar-refractivity contribution in [2.24, 2.45) is 0 Å². The van der Waals surface area contributed by atoms with Gasteiger partial charge in [0.2, 0.25) is 0 Å². The molecule has 118 valence electrons. The third-order valence-electron chi connectivity index (χ3n) is 3.96. The van der Waals surface area contributed by atoms with Crippen molar-refractivity contribution in [1.82, 2.24) is 0 Å². The number of hydrogen-bond donors (Lipinski definition) is 1. The molecule has 0 aromatic rings. The molecule has 0 saturated heterocycles. The molecule has 0 unspecified atom stereocenters. The number of quaternary nitrogens is 1. The summed E-state index contributed by atoms with van der Waals surface area (Å²) >= 11 is 0. The third kappa shape index (κ3) is 13.1. The van der Waals surface area contributed by atoms with E-state index in [0.717, 1.165) is 13.0 Å². The Kier molecular flexibility index (Phi) is 16.9. The largest absolute Gasteiger partial charge is 1.00 e. The van der Waals surface area contributed by atoms with Crippen LogP contribution in [0, 0.1) is 0 Å². The Morgan fingerprint density at radius 1 is 0.684 bits per heavy atom. The first-order valence-electron chi connectivity index (χ1n) is 8.13. The number of rotatable bonds is 13. The lowest BCUT2D eigenvalue weighted by Gasteiger charge is -2.35. The van der Waals surface area contributed by atoms with Gasteiger partial charge in [-0.15, -0.1) is 0 Å². The molecule has 0 spiro atoms. The molecular weight excluding hydrogens is 302 g/mol. The number of aliphatic hydroxyl groups excluding tert-OH is 1. The minimum atomic E-state index is 0. The zero-order chi connectivity index (χ0) is 13.7. The summed E-state index contributed by atoms with van der Waals surface area (Å²) in [4.78, 5) is 0. The summed E-state index contributed by atoms with van der Waals surface area (Å²) in [5.41, 5.74) is 0. The first kappa shape index (κ1) is 21.7. The lowest BCUT2D eigenvalue weighted by Crippen LogP contribution is -3.00.